The van der Waals surface area contributed by atoms with Gasteiger partial charge in [0.15, 0.2) is 6.61 Å². The van der Waals surface area contributed by atoms with Crippen LogP contribution in [0.3, 0.4) is 0 Å². The molecule has 150 valence electrons. The molecule has 0 bridgehead atoms. The van der Waals surface area contributed by atoms with E-state index in [1.807, 2.05) is 24.3 Å². The number of fused-ring (bicyclic) bond motifs is 1. The van der Waals surface area contributed by atoms with Crippen molar-refractivity contribution in [2.75, 3.05) is 18.5 Å². The van der Waals surface area contributed by atoms with Gasteiger partial charge >= 0.3 is 5.97 Å². The van der Waals surface area contributed by atoms with E-state index in [0.717, 1.165) is 4.90 Å². The molecular weight excluding hydrogens is 394 g/mol. The molecule has 1 atom stereocenters. The largest absolute Gasteiger partial charge is 0.467 e. The van der Waals surface area contributed by atoms with Crippen molar-refractivity contribution < 1.29 is 23.5 Å². The van der Waals surface area contributed by atoms with Gasteiger partial charge in [-0.3, -0.25) is 14.4 Å². The number of furan rings is 1. The van der Waals surface area contributed by atoms with Gasteiger partial charge in [-0.05, 0) is 24.3 Å². The number of hydrogen-bond acceptors (Lipinski definition) is 7. The highest BCUT2D eigenvalue weighted by Gasteiger charge is 2.29. The van der Waals surface area contributed by atoms with E-state index in [9.17, 15) is 14.4 Å². The number of para-hydroxylation sites is 1. The lowest BCUT2D eigenvalue weighted by Crippen LogP contribution is -2.36. The zero-order valence-electron chi connectivity index (χ0n) is 15.5. The second-order valence-electron chi connectivity index (χ2n) is 6.26. The lowest BCUT2D eigenvalue weighted by Gasteiger charge is -2.23. The van der Waals surface area contributed by atoms with Crippen LogP contribution in [0.4, 0.5) is 5.69 Å². The van der Waals surface area contributed by atoms with Gasteiger partial charge in [0, 0.05) is 11.4 Å². The number of carbonyl (C=O) groups is 3. The Morgan fingerprint density at radius 2 is 2.10 bits per heavy atom. The summed E-state index contributed by atoms with van der Waals surface area (Å²) in [6.45, 7) is -0.0749. The molecule has 1 aliphatic heterocycles. The third-order valence-electron chi connectivity index (χ3n) is 4.19. The van der Waals surface area contributed by atoms with E-state index >= 15 is 0 Å². The van der Waals surface area contributed by atoms with Crippen molar-refractivity contribution in [1.82, 2.24) is 4.90 Å². The maximum Gasteiger partial charge on any atom is 0.307 e. The molecule has 0 fully saturated rings. The number of nitrogens with one attached hydrogen (secondary N) is 1. The summed E-state index contributed by atoms with van der Waals surface area (Å²) in [5, 5.41) is 10.9. The number of amides is 2. The highest BCUT2D eigenvalue weighted by atomic mass is 32.2. The molecule has 1 aromatic carbocycles. The molecule has 1 N–H and O–H groups in total. The minimum Gasteiger partial charge on any atom is -0.467 e. The van der Waals surface area contributed by atoms with Crippen LogP contribution in [-0.4, -0.2) is 41.1 Å². The second kappa shape index (κ2) is 9.80. The van der Waals surface area contributed by atoms with Gasteiger partial charge in [-0.1, -0.05) is 12.1 Å². The average molecular weight is 413 g/mol. The van der Waals surface area contributed by atoms with Crippen molar-refractivity contribution in [3.8, 4) is 6.07 Å². The summed E-state index contributed by atoms with van der Waals surface area (Å²) in [5.41, 5.74) is 0.716. The molecule has 1 aromatic heterocycles. The molecule has 0 radical (unpaired) electrons. The average Bonchev–Trinajstić information content (AvgIpc) is 3.23. The molecule has 0 saturated carbocycles. The van der Waals surface area contributed by atoms with Crippen molar-refractivity contribution in [1.29, 1.82) is 5.26 Å². The van der Waals surface area contributed by atoms with Gasteiger partial charge in [-0.2, -0.15) is 5.26 Å². The number of esters is 1. The van der Waals surface area contributed by atoms with Crippen molar-refractivity contribution >= 4 is 35.2 Å². The third-order valence-corrected chi connectivity index (χ3v) is 5.46. The predicted molar refractivity (Wildman–Crippen MR) is 105 cm³/mol. The first kappa shape index (κ1) is 20.5. The fourth-order valence-electron chi connectivity index (χ4n) is 2.74. The van der Waals surface area contributed by atoms with E-state index in [1.54, 1.807) is 18.2 Å². The van der Waals surface area contributed by atoms with Crippen LogP contribution in [0.25, 0.3) is 0 Å². The highest BCUT2D eigenvalue weighted by molar-refractivity contribution is 8.01. The highest BCUT2D eigenvalue weighted by Crippen LogP contribution is 2.36. The van der Waals surface area contributed by atoms with Crippen molar-refractivity contribution in [3.63, 3.8) is 0 Å². The normalized spacial score (nSPS) is 15.0. The molecule has 0 saturated heterocycles. The fraction of sp³-hybridized carbons (Fsp3) is 0.300. The number of rotatable bonds is 8. The number of thioether (sulfide) groups is 1. The van der Waals surface area contributed by atoms with Gasteiger partial charge in [0.1, 0.15) is 5.76 Å². The molecule has 3 rings (SSSR count). The van der Waals surface area contributed by atoms with Gasteiger partial charge < -0.3 is 19.4 Å². The zero-order chi connectivity index (χ0) is 20.6. The Kier molecular flexibility index (Phi) is 6.92. The summed E-state index contributed by atoms with van der Waals surface area (Å²) >= 11 is 1.29. The van der Waals surface area contributed by atoms with E-state index in [4.69, 9.17) is 14.4 Å². The number of hydrogen-bond donors (Lipinski definition) is 1. The summed E-state index contributed by atoms with van der Waals surface area (Å²) in [6, 6.07) is 12.7. The smallest absolute Gasteiger partial charge is 0.307 e. The third kappa shape index (κ3) is 5.62. The quantitative estimate of drug-likeness (QED) is 0.662. The number of nitrogens with zero attached hydrogens (tertiary/aromatic N) is 2. The molecule has 2 amide bonds. The minimum absolute atomic E-state index is 0.144. The Bertz CT molecular complexity index is 922. The molecule has 2 heterocycles. The Morgan fingerprint density at radius 3 is 2.86 bits per heavy atom. The first-order valence-electron chi connectivity index (χ1n) is 8.96. The predicted octanol–water partition coefficient (Wildman–Crippen LogP) is 2.57. The van der Waals surface area contributed by atoms with Crippen LogP contribution < -0.4 is 5.32 Å². The lowest BCUT2D eigenvalue weighted by atomic mass is 10.2. The van der Waals surface area contributed by atoms with Gasteiger partial charge in [-0.25, -0.2) is 0 Å². The van der Waals surface area contributed by atoms with Crippen LogP contribution in [-0.2, 0) is 25.7 Å². The van der Waals surface area contributed by atoms with Crippen molar-refractivity contribution in [2.45, 2.75) is 29.5 Å². The molecule has 29 heavy (non-hydrogen) atoms. The summed E-state index contributed by atoms with van der Waals surface area (Å²) < 4.78 is 10.3. The first-order chi connectivity index (χ1) is 14.1. The Hall–Kier alpha value is -3.25. The molecule has 1 aliphatic rings. The molecule has 0 aliphatic carbocycles. The van der Waals surface area contributed by atoms with Crippen molar-refractivity contribution in [2.24, 2.45) is 0 Å². The zero-order valence-corrected chi connectivity index (χ0v) is 16.3. The maximum atomic E-state index is 12.4. The van der Waals surface area contributed by atoms with Gasteiger partial charge in [0.2, 0.25) is 5.91 Å². The van der Waals surface area contributed by atoms with E-state index in [-0.39, 0.29) is 31.8 Å². The number of benzene rings is 1. The molecule has 2 aromatic rings. The van der Waals surface area contributed by atoms with E-state index in [0.29, 0.717) is 11.4 Å². The van der Waals surface area contributed by atoms with Crippen LogP contribution in [0.2, 0.25) is 0 Å². The summed E-state index contributed by atoms with van der Waals surface area (Å²) in [7, 11) is 0. The first-order valence-corrected chi connectivity index (χ1v) is 9.84. The molecule has 8 nitrogen and oxygen atoms in total. The van der Waals surface area contributed by atoms with Gasteiger partial charge in [0.05, 0.1) is 42.7 Å². The number of nitriles is 1. The number of ether oxygens (including phenoxy) is 1. The minimum atomic E-state index is -0.636. The SMILES string of the molecule is N#CCCN(Cc1ccco1)C(=O)COC(=O)C[C@@H]1Sc2ccccc2NC1=O. The van der Waals surface area contributed by atoms with Crippen LogP contribution in [0.1, 0.15) is 18.6 Å². The maximum absolute atomic E-state index is 12.4. The molecule has 0 spiro atoms. The summed E-state index contributed by atoms with van der Waals surface area (Å²) in [5.74, 6) is -0.776. The Balaban J connectivity index is 1.51. The molecule has 9 heteroatoms. The van der Waals surface area contributed by atoms with E-state index < -0.39 is 23.7 Å². The lowest BCUT2D eigenvalue weighted by molar-refractivity contribution is -0.152. The topological polar surface area (TPSA) is 113 Å². The standard InChI is InChI=1S/C20H19N3O5S/c21-8-4-9-23(12-14-5-3-10-27-14)18(24)13-28-19(25)11-17-20(26)22-15-6-1-2-7-16(15)29-17/h1-3,5-7,10,17H,4,9,11-13H2,(H,22,26)/t17-/m0/s1. The van der Waals surface area contributed by atoms with E-state index in [2.05, 4.69) is 5.32 Å². The second-order valence-corrected chi connectivity index (χ2v) is 7.50. The summed E-state index contributed by atoms with van der Waals surface area (Å²) in [4.78, 5) is 39.0. The van der Waals surface area contributed by atoms with Crippen LogP contribution in [0.15, 0.2) is 52.0 Å². The van der Waals surface area contributed by atoms with Gasteiger partial charge in [-0.15, -0.1) is 11.8 Å². The van der Waals surface area contributed by atoms with Crippen LogP contribution in [0.5, 0.6) is 0 Å². The van der Waals surface area contributed by atoms with Crippen molar-refractivity contribution in [3.05, 3.63) is 48.4 Å². The van der Waals surface area contributed by atoms with Crippen LogP contribution >= 0.6 is 11.8 Å². The Labute approximate surface area is 171 Å². The number of anilines is 1. The fourth-order valence-corrected chi connectivity index (χ4v) is 3.83. The molecular formula is C20H19N3O5S. The van der Waals surface area contributed by atoms with Crippen LogP contribution in [0, 0.1) is 11.3 Å². The molecule has 0 unspecified atom stereocenters. The van der Waals surface area contributed by atoms with Gasteiger partial charge in [0.25, 0.3) is 5.91 Å². The summed E-state index contributed by atoms with van der Waals surface area (Å²) in [6.07, 6.45) is 1.50. The van der Waals surface area contributed by atoms with E-state index in [1.165, 1.54) is 22.9 Å². The number of carbonyl (C=O) groups excluding carboxylic acids is 3. The monoisotopic (exact) mass is 413 g/mol. The Morgan fingerprint density at radius 1 is 1.28 bits per heavy atom.